The maximum absolute atomic E-state index is 13.0. The van der Waals surface area contributed by atoms with Crippen LogP contribution in [0.1, 0.15) is 23.9 Å². The molecule has 0 spiro atoms. The first-order valence-corrected chi connectivity index (χ1v) is 9.09. The van der Waals surface area contributed by atoms with Gasteiger partial charge in [-0.2, -0.15) is 18.3 Å². The second-order valence-corrected chi connectivity index (χ2v) is 6.75. The summed E-state index contributed by atoms with van der Waals surface area (Å²) in [5.41, 5.74) is 6.79. The Kier molecular flexibility index (Phi) is 6.11. The van der Waals surface area contributed by atoms with Crippen LogP contribution in [0.4, 0.5) is 13.2 Å². The van der Waals surface area contributed by atoms with Crippen LogP contribution < -0.4 is 10.5 Å². The van der Waals surface area contributed by atoms with Crippen LogP contribution >= 0.6 is 0 Å². The van der Waals surface area contributed by atoms with Crippen LogP contribution in [0.25, 0.3) is 22.5 Å². The summed E-state index contributed by atoms with van der Waals surface area (Å²) in [6, 6.07) is 9.06. The summed E-state index contributed by atoms with van der Waals surface area (Å²) in [6.07, 6.45) is -3.21. The van der Waals surface area contributed by atoms with Gasteiger partial charge < -0.3 is 15.6 Å². The van der Waals surface area contributed by atoms with Crippen LogP contribution in [0.5, 0.6) is 5.75 Å². The normalized spacial score (nSPS) is 12.1. The number of aliphatic hydroxyl groups is 1. The Bertz CT molecular complexity index is 1130. The monoisotopic (exact) mass is 431 g/mol. The molecule has 0 aliphatic rings. The average molecular weight is 431 g/mol. The van der Waals surface area contributed by atoms with Crippen molar-refractivity contribution >= 4 is 5.71 Å². The third kappa shape index (κ3) is 4.75. The topological polar surface area (TPSA) is 121 Å². The standard InChI is InChI=1S/C21H20F3N5O2/c1-11(25)6-14(26)15-7-13(20-12(10-30)4-3-5-18(20)31-2)8-16(27-15)17-9-19(29-28-17)21(22,23)24/h3-9,26,30H,10,25H2,1-2H3,(H,28,29). The number of aromatic nitrogens is 3. The molecule has 3 rings (SSSR count). The van der Waals surface area contributed by atoms with Crippen molar-refractivity contribution in [2.45, 2.75) is 19.7 Å². The van der Waals surface area contributed by atoms with Crippen LogP contribution in [0.15, 0.2) is 48.2 Å². The molecule has 2 aromatic heterocycles. The summed E-state index contributed by atoms with van der Waals surface area (Å²) in [4.78, 5) is 4.31. The number of H-pyrrole nitrogens is 1. The number of ether oxygens (including phenoxy) is 1. The second-order valence-electron chi connectivity index (χ2n) is 6.75. The van der Waals surface area contributed by atoms with Crippen molar-refractivity contribution < 1.29 is 23.0 Å². The van der Waals surface area contributed by atoms with Gasteiger partial charge in [0.25, 0.3) is 0 Å². The molecule has 0 aliphatic heterocycles. The maximum Gasteiger partial charge on any atom is 0.432 e. The second kappa shape index (κ2) is 8.60. The lowest BCUT2D eigenvalue weighted by atomic mass is 9.97. The zero-order chi connectivity index (χ0) is 22.8. The highest BCUT2D eigenvalue weighted by Gasteiger charge is 2.33. The molecule has 0 bridgehead atoms. The number of aliphatic hydroxyl groups excluding tert-OH is 1. The highest BCUT2D eigenvalue weighted by Crippen LogP contribution is 2.36. The van der Waals surface area contributed by atoms with Crippen LogP contribution in [0, 0.1) is 5.41 Å². The molecule has 0 amide bonds. The molecule has 0 saturated heterocycles. The molecular weight excluding hydrogens is 411 g/mol. The minimum Gasteiger partial charge on any atom is -0.496 e. The predicted octanol–water partition coefficient (Wildman–Crippen LogP) is 3.89. The summed E-state index contributed by atoms with van der Waals surface area (Å²) < 4.78 is 44.5. The van der Waals surface area contributed by atoms with Gasteiger partial charge in [-0.3, -0.25) is 10.5 Å². The third-order valence-corrected chi connectivity index (χ3v) is 4.41. The summed E-state index contributed by atoms with van der Waals surface area (Å²) in [5, 5.41) is 23.8. The number of nitrogens with one attached hydrogen (secondary N) is 2. The lowest BCUT2D eigenvalue weighted by Gasteiger charge is -2.15. The van der Waals surface area contributed by atoms with E-state index >= 15 is 0 Å². The van der Waals surface area contributed by atoms with Gasteiger partial charge >= 0.3 is 6.18 Å². The number of nitrogens with zero attached hydrogens (tertiary/aromatic N) is 2. The predicted molar refractivity (Wildman–Crippen MR) is 110 cm³/mol. The number of rotatable bonds is 6. The lowest BCUT2D eigenvalue weighted by molar-refractivity contribution is -0.141. The first-order chi connectivity index (χ1) is 14.6. The van der Waals surface area contributed by atoms with E-state index in [9.17, 15) is 18.3 Å². The molecule has 162 valence electrons. The van der Waals surface area contributed by atoms with Crippen molar-refractivity contribution in [3.8, 4) is 28.3 Å². The fourth-order valence-corrected chi connectivity index (χ4v) is 3.05. The average Bonchev–Trinajstić information content (AvgIpc) is 3.23. The van der Waals surface area contributed by atoms with Crippen molar-refractivity contribution in [1.82, 2.24) is 15.2 Å². The Balaban J connectivity index is 2.26. The van der Waals surface area contributed by atoms with Gasteiger partial charge in [0, 0.05) is 11.3 Å². The molecule has 10 heteroatoms. The van der Waals surface area contributed by atoms with Gasteiger partial charge in [0.2, 0.25) is 0 Å². The Labute approximate surface area is 175 Å². The molecule has 2 heterocycles. The van der Waals surface area contributed by atoms with E-state index in [0.29, 0.717) is 28.1 Å². The zero-order valence-electron chi connectivity index (χ0n) is 16.7. The number of alkyl halides is 3. The molecule has 7 nitrogen and oxygen atoms in total. The number of methoxy groups -OCH3 is 1. The van der Waals surface area contributed by atoms with Gasteiger partial charge in [-0.25, -0.2) is 4.98 Å². The third-order valence-electron chi connectivity index (χ3n) is 4.41. The van der Waals surface area contributed by atoms with E-state index in [1.54, 1.807) is 31.2 Å². The van der Waals surface area contributed by atoms with Gasteiger partial charge in [0.1, 0.15) is 17.1 Å². The van der Waals surface area contributed by atoms with Crippen molar-refractivity contribution in [2.24, 2.45) is 5.73 Å². The number of hydrogen-bond acceptors (Lipinski definition) is 6. The van der Waals surface area contributed by atoms with E-state index in [1.165, 1.54) is 19.3 Å². The minimum absolute atomic E-state index is 0.0323. The van der Waals surface area contributed by atoms with E-state index in [1.807, 2.05) is 5.10 Å². The molecule has 1 aromatic carbocycles. The fourth-order valence-electron chi connectivity index (χ4n) is 3.05. The van der Waals surface area contributed by atoms with Crippen molar-refractivity contribution in [1.29, 1.82) is 5.41 Å². The molecule has 31 heavy (non-hydrogen) atoms. The largest absolute Gasteiger partial charge is 0.496 e. The Morgan fingerprint density at radius 1 is 1.26 bits per heavy atom. The zero-order valence-corrected chi connectivity index (χ0v) is 16.7. The van der Waals surface area contributed by atoms with Gasteiger partial charge in [-0.1, -0.05) is 12.1 Å². The quantitative estimate of drug-likeness (QED) is 0.441. The fraction of sp³-hybridized carbons (Fsp3) is 0.190. The number of benzene rings is 1. The van der Waals surface area contributed by atoms with Crippen LogP contribution in [0.2, 0.25) is 0 Å². The van der Waals surface area contributed by atoms with E-state index in [0.717, 1.165) is 6.07 Å². The van der Waals surface area contributed by atoms with Crippen LogP contribution in [-0.4, -0.2) is 33.1 Å². The number of aromatic amines is 1. The summed E-state index contributed by atoms with van der Waals surface area (Å²) >= 11 is 0. The van der Waals surface area contributed by atoms with E-state index in [-0.39, 0.29) is 29.4 Å². The number of halogens is 3. The smallest absolute Gasteiger partial charge is 0.432 e. The van der Waals surface area contributed by atoms with E-state index < -0.39 is 11.9 Å². The Morgan fingerprint density at radius 2 is 2.00 bits per heavy atom. The first kappa shape index (κ1) is 22.0. The molecule has 0 fully saturated rings. The van der Waals surface area contributed by atoms with Crippen LogP contribution in [0.3, 0.4) is 0 Å². The molecule has 5 N–H and O–H groups in total. The highest BCUT2D eigenvalue weighted by molar-refractivity contribution is 6.06. The molecule has 0 saturated carbocycles. The number of hydrogen-bond donors (Lipinski definition) is 4. The summed E-state index contributed by atoms with van der Waals surface area (Å²) in [7, 11) is 1.47. The van der Waals surface area contributed by atoms with Gasteiger partial charge in [0.15, 0.2) is 0 Å². The van der Waals surface area contributed by atoms with Crippen molar-refractivity contribution in [2.75, 3.05) is 7.11 Å². The number of allylic oxidation sites excluding steroid dienone is 2. The highest BCUT2D eigenvalue weighted by atomic mass is 19.4. The van der Waals surface area contributed by atoms with Gasteiger partial charge in [0.05, 0.1) is 30.8 Å². The van der Waals surface area contributed by atoms with E-state index in [2.05, 4.69) is 10.1 Å². The molecule has 0 atom stereocenters. The van der Waals surface area contributed by atoms with Gasteiger partial charge in [-0.05, 0) is 48.4 Å². The molecular formula is C21H20F3N5O2. The van der Waals surface area contributed by atoms with Gasteiger partial charge in [-0.15, -0.1) is 0 Å². The first-order valence-electron chi connectivity index (χ1n) is 9.09. The number of pyridine rings is 1. The summed E-state index contributed by atoms with van der Waals surface area (Å²) in [6.45, 7) is 1.31. The molecule has 0 unspecified atom stereocenters. The summed E-state index contributed by atoms with van der Waals surface area (Å²) in [5.74, 6) is 0.449. The van der Waals surface area contributed by atoms with E-state index in [4.69, 9.17) is 15.9 Å². The number of nitrogens with two attached hydrogens (primary N) is 1. The molecule has 0 radical (unpaired) electrons. The lowest BCUT2D eigenvalue weighted by Crippen LogP contribution is -2.05. The molecule has 3 aromatic rings. The maximum atomic E-state index is 13.0. The van der Waals surface area contributed by atoms with Crippen LogP contribution in [-0.2, 0) is 12.8 Å². The van der Waals surface area contributed by atoms with Crippen molar-refractivity contribution in [3.05, 3.63) is 65.1 Å². The Hall–Kier alpha value is -3.66. The molecule has 0 aliphatic carbocycles. The van der Waals surface area contributed by atoms with Crippen molar-refractivity contribution in [3.63, 3.8) is 0 Å². The minimum atomic E-state index is -4.59. The Morgan fingerprint density at radius 3 is 2.58 bits per heavy atom. The SMILES string of the molecule is COc1cccc(CO)c1-c1cc(C(=N)C=C(C)N)nc(-c2cc(C(F)(F)F)[nH]n2)c1.